The van der Waals surface area contributed by atoms with Crippen LogP contribution in [0.4, 0.5) is 0 Å². The Morgan fingerprint density at radius 1 is 1.43 bits per heavy atom. The van der Waals surface area contributed by atoms with Crippen LogP contribution in [0.25, 0.3) is 0 Å². The molecule has 2 aliphatic rings. The molecule has 21 heavy (non-hydrogen) atoms. The lowest BCUT2D eigenvalue weighted by Gasteiger charge is -2.41. The molecule has 112 valence electrons. The van der Waals surface area contributed by atoms with Crippen molar-refractivity contribution in [1.82, 2.24) is 20.6 Å². The van der Waals surface area contributed by atoms with E-state index in [-0.39, 0.29) is 17.5 Å². The van der Waals surface area contributed by atoms with Crippen molar-refractivity contribution in [2.24, 2.45) is 0 Å². The normalized spacial score (nSPS) is 23.2. The van der Waals surface area contributed by atoms with Gasteiger partial charge >= 0.3 is 5.97 Å². The second-order valence-electron chi connectivity index (χ2n) is 5.53. The number of hydrogen-bond acceptors (Lipinski definition) is 4. The van der Waals surface area contributed by atoms with Crippen molar-refractivity contribution in [2.45, 2.75) is 43.7 Å². The van der Waals surface area contributed by atoms with Gasteiger partial charge in [0.2, 0.25) is 11.8 Å². The molecule has 1 aliphatic heterocycles. The van der Waals surface area contributed by atoms with E-state index in [2.05, 4.69) is 20.6 Å². The maximum atomic E-state index is 12.2. The summed E-state index contributed by atoms with van der Waals surface area (Å²) in [7, 11) is 0. The highest BCUT2D eigenvalue weighted by Crippen LogP contribution is 2.40. The lowest BCUT2D eigenvalue weighted by molar-refractivity contribution is -0.128. The average Bonchev–Trinajstić information content (AvgIpc) is 3.02. The monoisotopic (exact) mass is 292 g/mol. The minimum Gasteiger partial charge on any atom is -0.477 e. The Labute approximate surface area is 120 Å². The van der Waals surface area contributed by atoms with Gasteiger partial charge in [0.1, 0.15) is 17.6 Å². The Balaban J connectivity index is 1.75. The number of carboxylic acids is 1. The molecule has 3 rings (SSSR count). The van der Waals surface area contributed by atoms with E-state index < -0.39 is 17.6 Å². The first-order chi connectivity index (χ1) is 10.00. The number of carbonyl (C=O) groups is 3. The molecular formula is C13H16N4O4. The van der Waals surface area contributed by atoms with E-state index in [1.165, 1.54) is 6.20 Å². The highest BCUT2D eigenvalue weighted by Gasteiger charge is 2.44. The standard InChI is InChI=1S/C13H16N4O4/c18-9-3-2-7(15-9)10(19)17-13(4-1-5-13)12-14-6-8(16-12)11(20)21/h6-7H,1-5H2,(H,14,16)(H,15,18)(H,17,19)(H,20,21)/t7-/m1/s1. The largest absolute Gasteiger partial charge is 0.477 e. The molecular weight excluding hydrogens is 276 g/mol. The van der Waals surface area contributed by atoms with Crippen LogP contribution in [0.1, 0.15) is 48.4 Å². The van der Waals surface area contributed by atoms with E-state index >= 15 is 0 Å². The van der Waals surface area contributed by atoms with E-state index in [1.807, 2.05) is 0 Å². The Morgan fingerprint density at radius 2 is 2.19 bits per heavy atom. The van der Waals surface area contributed by atoms with Crippen LogP contribution in [0.3, 0.4) is 0 Å². The van der Waals surface area contributed by atoms with Crippen LogP contribution >= 0.6 is 0 Å². The highest BCUT2D eigenvalue weighted by molar-refractivity contribution is 5.91. The third-order valence-corrected chi connectivity index (χ3v) is 4.14. The molecule has 1 aliphatic carbocycles. The van der Waals surface area contributed by atoms with E-state index in [0.29, 0.717) is 31.5 Å². The number of rotatable bonds is 4. The van der Waals surface area contributed by atoms with Crippen molar-refractivity contribution < 1.29 is 19.5 Å². The Hall–Kier alpha value is -2.38. The zero-order valence-corrected chi connectivity index (χ0v) is 11.3. The molecule has 8 nitrogen and oxygen atoms in total. The molecule has 1 saturated heterocycles. The second-order valence-corrected chi connectivity index (χ2v) is 5.53. The van der Waals surface area contributed by atoms with Crippen LogP contribution in [0.15, 0.2) is 6.20 Å². The second kappa shape index (κ2) is 4.87. The van der Waals surface area contributed by atoms with E-state index in [9.17, 15) is 14.4 Å². The number of carbonyl (C=O) groups excluding carboxylic acids is 2. The van der Waals surface area contributed by atoms with Crippen molar-refractivity contribution >= 4 is 17.8 Å². The van der Waals surface area contributed by atoms with Gasteiger partial charge in [-0.1, -0.05) is 0 Å². The summed E-state index contributed by atoms with van der Waals surface area (Å²) in [5, 5.41) is 14.5. The molecule has 1 atom stereocenters. The maximum absolute atomic E-state index is 12.2. The van der Waals surface area contributed by atoms with Crippen LogP contribution in [0, 0.1) is 0 Å². The molecule has 2 amide bonds. The predicted molar refractivity (Wildman–Crippen MR) is 70.4 cm³/mol. The number of nitrogens with one attached hydrogen (secondary N) is 3. The number of imidazole rings is 1. The molecule has 0 spiro atoms. The Kier molecular flexibility index (Phi) is 3.15. The van der Waals surface area contributed by atoms with Gasteiger partial charge in [0.15, 0.2) is 0 Å². The van der Waals surface area contributed by atoms with Gasteiger partial charge in [-0.25, -0.2) is 9.78 Å². The SMILES string of the molecule is O=C1CC[C@H](C(=O)NC2(c3ncc(C(=O)O)[nH]3)CCC2)N1. The molecule has 8 heteroatoms. The third-order valence-electron chi connectivity index (χ3n) is 4.14. The van der Waals surface area contributed by atoms with Crippen LogP contribution in [-0.4, -0.2) is 38.9 Å². The molecule has 1 saturated carbocycles. The molecule has 4 N–H and O–H groups in total. The summed E-state index contributed by atoms with van der Waals surface area (Å²) in [5.74, 6) is -0.987. The number of aromatic carboxylic acids is 1. The first-order valence-electron chi connectivity index (χ1n) is 6.90. The van der Waals surface area contributed by atoms with Crippen molar-refractivity contribution in [3.05, 3.63) is 17.7 Å². The molecule has 0 unspecified atom stereocenters. The molecule has 2 heterocycles. The summed E-state index contributed by atoms with van der Waals surface area (Å²) in [4.78, 5) is 41.2. The smallest absolute Gasteiger partial charge is 0.353 e. The number of hydrogen-bond donors (Lipinski definition) is 4. The van der Waals surface area contributed by atoms with E-state index in [1.54, 1.807) is 0 Å². The van der Waals surface area contributed by atoms with Crippen molar-refractivity contribution in [3.8, 4) is 0 Å². The number of aromatic amines is 1. The van der Waals surface area contributed by atoms with E-state index in [4.69, 9.17) is 5.11 Å². The predicted octanol–water partition coefficient (Wildman–Crippen LogP) is -0.118. The number of carboxylic acid groups (broad SMARTS) is 1. The van der Waals surface area contributed by atoms with Crippen LogP contribution < -0.4 is 10.6 Å². The zero-order valence-electron chi connectivity index (χ0n) is 11.3. The van der Waals surface area contributed by atoms with E-state index in [0.717, 1.165) is 6.42 Å². The van der Waals surface area contributed by atoms with Crippen LogP contribution in [0.5, 0.6) is 0 Å². The Bertz CT molecular complexity index is 605. The van der Waals surface area contributed by atoms with Gasteiger partial charge in [-0.3, -0.25) is 9.59 Å². The first kappa shape index (κ1) is 13.6. The van der Waals surface area contributed by atoms with Gasteiger partial charge in [0.25, 0.3) is 0 Å². The average molecular weight is 292 g/mol. The molecule has 0 bridgehead atoms. The third kappa shape index (κ3) is 2.37. The fraction of sp³-hybridized carbons (Fsp3) is 0.538. The van der Waals surface area contributed by atoms with Crippen LogP contribution in [-0.2, 0) is 15.1 Å². The Morgan fingerprint density at radius 3 is 2.67 bits per heavy atom. The van der Waals surface area contributed by atoms with Crippen molar-refractivity contribution in [3.63, 3.8) is 0 Å². The fourth-order valence-electron chi connectivity index (χ4n) is 2.76. The summed E-state index contributed by atoms with van der Waals surface area (Å²) in [6, 6.07) is -0.510. The van der Waals surface area contributed by atoms with Crippen molar-refractivity contribution in [2.75, 3.05) is 0 Å². The number of nitrogens with zero attached hydrogens (tertiary/aromatic N) is 1. The molecule has 0 radical (unpaired) electrons. The molecule has 0 aromatic carbocycles. The van der Waals surface area contributed by atoms with Gasteiger partial charge in [0, 0.05) is 6.42 Å². The number of H-pyrrole nitrogens is 1. The molecule has 2 fully saturated rings. The summed E-state index contributed by atoms with van der Waals surface area (Å²) in [6.07, 6.45) is 4.42. The number of amides is 2. The quantitative estimate of drug-likeness (QED) is 0.616. The molecule has 1 aromatic heterocycles. The summed E-state index contributed by atoms with van der Waals surface area (Å²) >= 11 is 0. The topological polar surface area (TPSA) is 124 Å². The van der Waals surface area contributed by atoms with Gasteiger partial charge < -0.3 is 20.7 Å². The zero-order chi connectivity index (χ0) is 15.0. The highest BCUT2D eigenvalue weighted by atomic mass is 16.4. The van der Waals surface area contributed by atoms with Crippen molar-refractivity contribution in [1.29, 1.82) is 0 Å². The van der Waals surface area contributed by atoms with Gasteiger partial charge in [-0.15, -0.1) is 0 Å². The summed E-state index contributed by atoms with van der Waals surface area (Å²) in [5.41, 5.74) is -0.641. The first-order valence-corrected chi connectivity index (χ1v) is 6.90. The summed E-state index contributed by atoms with van der Waals surface area (Å²) in [6.45, 7) is 0. The molecule has 1 aromatic rings. The summed E-state index contributed by atoms with van der Waals surface area (Å²) < 4.78 is 0. The minimum atomic E-state index is -1.09. The lowest BCUT2D eigenvalue weighted by Crippen LogP contribution is -2.55. The maximum Gasteiger partial charge on any atom is 0.353 e. The van der Waals surface area contributed by atoms with Crippen LogP contribution in [0.2, 0.25) is 0 Å². The number of aromatic nitrogens is 2. The van der Waals surface area contributed by atoms with Gasteiger partial charge in [-0.2, -0.15) is 0 Å². The van der Waals surface area contributed by atoms with Gasteiger partial charge in [0.05, 0.1) is 11.7 Å². The minimum absolute atomic E-state index is 0.000284. The fourth-order valence-corrected chi connectivity index (χ4v) is 2.76. The lowest BCUT2D eigenvalue weighted by atomic mass is 9.76. The van der Waals surface area contributed by atoms with Gasteiger partial charge in [-0.05, 0) is 25.7 Å².